The first-order valence-electron chi connectivity index (χ1n) is 9.71. The van der Waals surface area contributed by atoms with E-state index in [9.17, 15) is 0 Å². The molecule has 4 rings (SSSR count). The van der Waals surface area contributed by atoms with Crippen LogP contribution in [0.4, 0.5) is 11.4 Å². The summed E-state index contributed by atoms with van der Waals surface area (Å²) in [6, 6.07) is 24.9. The zero-order chi connectivity index (χ0) is 20.1. The predicted octanol–water partition coefficient (Wildman–Crippen LogP) is 6.05. The van der Waals surface area contributed by atoms with E-state index in [2.05, 4.69) is 68.5 Å². The van der Waals surface area contributed by atoms with Gasteiger partial charge in [0.05, 0.1) is 35.2 Å². The standard InChI is InChI=1S/C25H24N4/c1-18-3-9-24(28-18)16-26-22-11-5-20(6-12-22)15-21-7-13-23(14-8-21)27-17-25-10-4-19(2)29-25/h3-14,16-17,28-29H,15H2,1-2H3/b26-16+,27-17+. The molecule has 144 valence electrons. The largest absolute Gasteiger partial charge is 0.358 e. The van der Waals surface area contributed by atoms with Gasteiger partial charge in [0.2, 0.25) is 0 Å². The fourth-order valence-corrected chi connectivity index (χ4v) is 3.13. The minimum atomic E-state index is 0.889. The van der Waals surface area contributed by atoms with Crippen molar-refractivity contribution in [3.63, 3.8) is 0 Å². The number of nitrogens with one attached hydrogen (secondary N) is 2. The van der Waals surface area contributed by atoms with Crippen molar-refractivity contribution in [2.24, 2.45) is 9.98 Å². The molecule has 0 unspecified atom stereocenters. The highest BCUT2D eigenvalue weighted by Crippen LogP contribution is 2.18. The third-order valence-electron chi connectivity index (χ3n) is 4.70. The van der Waals surface area contributed by atoms with Gasteiger partial charge in [-0.15, -0.1) is 0 Å². The summed E-state index contributed by atoms with van der Waals surface area (Å²) in [4.78, 5) is 15.5. The molecule has 0 atom stereocenters. The molecule has 2 aromatic heterocycles. The van der Waals surface area contributed by atoms with Gasteiger partial charge in [-0.05, 0) is 79.9 Å². The van der Waals surface area contributed by atoms with Crippen LogP contribution in [0.3, 0.4) is 0 Å². The Labute approximate surface area is 171 Å². The molecule has 0 aliphatic rings. The number of hydrogen-bond donors (Lipinski definition) is 2. The van der Waals surface area contributed by atoms with Gasteiger partial charge in [0.15, 0.2) is 0 Å². The van der Waals surface area contributed by atoms with Crippen LogP contribution in [0.25, 0.3) is 0 Å². The topological polar surface area (TPSA) is 56.3 Å². The van der Waals surface area contributed by atoms with Crippen LogP contribution in [0, 0.1) is 13.8 Å². The zero-order valence-corrected chi connectivity index (χ0v) is 16.7. The second-order valence-corrected chi connectivity index (χ2v) is 7.22. The molecule has 29 heavy (non-hydrogen) atoms. The van der Waals surface area contributed by atoms with Crippen molar-refractivity contribution in [3.05, 3.63) is 107 Å². The van der Waals surface area contributed by atoms with E-state index in [1.807, 2.05) is 50.5 Å². The summed E-state index contributed by atoms with van der Waals surface area (Å²) >= 11 is 0. The maximum atomic E-state index is 4.52. The molecule has 2 aromatic carbocycles. The molecular formula is C25H24N4. The van der Waals surface area contributed by atoms with Gasteiger partial charge in [0.25, 0.3) is 0 Å². The van der Waals surface area contributed by atoms with E-state index in [1.165, 1.54) is 11.1 Å². The second kappa shape index (κ2) is 8.57. The Morgan fingerprint density at radius 1 is 0.586 bits per heavy atom. The van der Waals surface area contributed by atoms with E-state index in [0.29, 0.717) is 0 Å². The first-order valence-corrected chi connectivity index (χ1v) is 9.71. The normalized spacial score (nSPS) is 11.7. The summed E-state index contributed by atoms with van der Waals surface area (Å²) in [5, 5.41) is 0. The average molecular weight is 380 g/mol. The van der Waals surface area contributed by atoms with E-state index in [0.717, 1.165) is 40.6 Å². The molecule has 0 radical (unpaired) electrons. The van der Waals surface area contributed by atoms with Crippen molar-refractivity contribution < 1.29 is 0 Å². The molecule has 4 heteroatoms. The number of aryl methyl sites for hydroxylation is 2. The fraction of sp³-hybridized carbons (Fsp3) is 0.120. The van der Waals surface area contributed by atoms with E-state index >= 15 is 0 Å². The summed E-state index contributed by atoms with van der Waals surface area (Å²) in [7, 11) is 0. The minimum absolute atomic E-state index is 0.889. The lowest BCUT2D eigenvalue weighted by molar-refractivity contribution is 1.19. The molecule has 4 aromatic rings. The molecule has 0 bridgehead atoms. The monoisotopic (exact) mass is 380 g/mol. The van der Waals surface area contributed by atoms with Crippen LogP contribution in [-0.2, 0) is 6.42 Å². The first kappa shape index (κ1) is 18.7. The summed E-state index contributed by atoms with van der Waals surface area (Å²) in [5.41, 5.74) is 8.73. The Morgan fingerprint density at radius 3 is 1.34 bits per heavy atom. The highest BCUT2D eigenvalue weighted by atomic mass is 14.8. The highest BCUT2D eigenvalue weighted by molar-refractivity contribution is 5.80. The molecule has 0 saturated heterocycles. The minimum Gasteiger partial charge on any atom is -0.358 e. The Bertz CT molecular complexity index is 1030. The lowest BCUT2D eigenvalue weighted by Gasteiger charge is -2.03. The van der Waals surface area contributed by atoms with Gasteiger partial charge >= 0.3 is 0 Å². The molecule has 0 aliphatic heterocycles. The van der Waals surface area contributed by atoms with Gasteiger partial charge in [0, 0.05) is 11.4 Å². The summed E-state index contributed by atoms with van der Waals surface area (Å²) in [6.45, 7) is 4.07. The van der Waals surface area contributed by atoms with Crippen LogP contribution in [-0.4, -0.2) is 22.4 Å². The number of nitrogens with zero attached hydrogens (tertiary/aromatic N) is 2. The SMILES string of the molecule is Cc1ccc(/C=N/c2ccc(Cc3ccc(/N=C/c4ccc(C)[nH]4)cc3)cc2)[nH]1. The second-order valence-electron chi connectivity index (χ2n) is 7.22. The van der Waals surface area contributed by atoms with Crippen LogP contribution >= 0.6 is 0 Å². The maximum absolute atomic E-state index is 4.52. The molecule has 0 fully saturated rings. The number of benzene rings is 2. The van der Waals surface area contributed by atoms with Crippen LogP contribution in [0.2, 0.25) is 0 Å². The third-order valence-corrected chi connectivity index (χ3v) is 4.70. The highest BCUT2D eigenvalue weighted by Gasteiger charge is 1.99. The van der Waals surface area contributed by atoms with Gasteiger partial charge < -0.3 is 9.97 Å². The third kappa shape index (κ3) is 5.20. The van der Waals surface area contributed by atoms with E-state index in [1.54, 1.807) is 0 Å². The maximum Gasteiger partial charge on any atom is 0.0630 e. The van der Waals surface area contributed by atoms with Crippen LogP contribution in [0.15, 0.2) is 82.8 Å². The van der Waals surface area contributed by atoms with Gasteiger partial charge in [0.1, 0.15) is 0 Å². The van der Waals surface area contributed by atoms with Crippen LogP contribution < -0.4 is 0 Å². The molecule has 4 nitrogen and oxygen atoms in total. The number of aromatic nitrogens is 2. The Hall–Kier alpha value is -3.66. The number of rotatable bonds is 6. The zero-order valence-electron chi connectivity index (χ0n) is 16.7. The lowest BCUT2D eigenvalue weighted by atomic mass is 10.0. The fourth-order valence-electron chi connectivity index (χ4n) is 3.13. The van der Waals surface area contributed by atoms with E-state index < -0.39 is 0 Å². The first-order chi connectivity index (χ1) is 14.1. The molecular weight excluding hydrogens is 356 g/mol. The molecule has 0 saturated carbocycles. The van der Waals surface area contributed by atoms with Gasteiger partial charge in [-0.2, -0.15) is 0 Å². The van der Waals surface area contributed by atoms with Gasteiger partial charge in [-0.1, -0.05) is 24.3 Å². The molecule has 2 heterocycles. The Morgan fingerprint density at radius 2 is 1.00 bits per heavy atom. The van der Waals surface area contributed by atoms with E-state index in [4.69, 9.17) is 0 Å². The number of hydrogen-bond acceptors (Lipinski definition) is 2. The van der Waals surface area contributed by atoms with Crippen LogP contribution in [0.5, 0.6) is 0 Å². The summed E-state index contributed by atoms with van der Waals surface area (Å²) < 4.78 is 0. The molecule has 0 amide bonds. The van der Waals surface area contributed by atoms with Crippen molar-refractivity contribution in [1.82, 2.24) is 9.97 Å². The summed E-state index contributed by atoms with van der Waals surface area (Å²) in [5.74, 6) is 0. The van der Waals surface area contributed by atoms with Crippen molar-refractivity contribution in [2.75, 3.05) is 0 Å². The predicted molar refractivity (Wildman–Crippen MR) is 121 cm³/mol. The average Bonchev–Trinajstić information content (AvgIpc) is 3.35. The number of aliphatic imine (C=N–C) groups is 2. The smallest absolute Gasteiger partial charge is 0.0630 e. The number of aromatic amines is 2. The number of H-pyrrole nitrogens is 2. The Kier molecular flexibility index (Phi) is 5.52. The molecule has 2 N–H and O–H groups in total. The Balaban J connectivity index is 1.36. The summed E-state index contributed by atoms with van der Waals surface area (Å²) in [6.07, 6.45) is 4.60. The van der Waals surface area contributed by atoms with Gasteiger partial charge in [-0.25, -0.2) is 0 Å². The lowest BCUT2D eigenvalue weighted by Crippen LogP contribution is -1.87. The van der Waals surface area contributed by atoms with Crippen molar-refractivity contribution >= 4 is 23.8 Å². The quantitative estimate of drug-likeness (QED) is 0.383. The van der Waals surface area contributed by atoms with Crippen molar-refractivity contribution in [3.8, 4) is 0 Å². The van der Waals surface area contributed by atoms with Gasteiger partial charge in [-0.3, -0.25) is 9.98 Å². The van der Waals surface area contributed by atoms with E-state index in [-0.39, 0.29) is 0 Å². The molecule has 0 aliphatic carbocycles. The van der Waals surface area contributed by atoms with Crippen LogP contribution in [0.1, 0.15) is 33.9 Å². The molecule has 0 spiro atoms. The van der Waals surface area contributed by atoms with Crippen molar-refractivity contribution in [1.29, 1.82) is 0 Å². The van der Waals surface area contributed by atoms with Crippen molar-refractivity contribution in [2.45, 2.75) is 20.3 Å².